The highest BCUT2D eigenvalue weighted by Crippen LogP contribution is 2.11. The second-order valence-corrected chi connectivity index (χ2v) is 5.77. The predicted octanol–water partition coefficient (Wildman–Crippen LogP) is 1.59. The van der Waals surface area contributed by atoms with E-state index in [0.717, 1.165) is 36.7 Å². The third-order valence-corrected chi connectivity index (χ3v) is 3.10. The van der Waals surface area contributed by atoms with E-state index in [9.17, 15) is 0 Å². The lowest BCUT2D eigenvalue weighted by atomic mass is 10.2. The predicted molar refractivity (Wildman–Crippen MR) is 83.9 cm³/mol. The van der Waals surface area contributed by atoms with Crippen molar-refractivity contribution in [3.8, 4) is 0 Å². The molecule has 2 rings (SSSR count). The number of nitrogens with one attached hydrogen (secondary N) is 1. The molecule has 0 saturated carbocycles. The van der Waals surface area contributed by atoms with Crippen LogP contribution >= 0.6 is 0 Å². The summed E-state index contributed by atoms with van der Waals surface area (Å²) in [5.74, 6) is 1.51. The lowest BCUT2D eigenvalue weighted by Gasteiger charge is -2.17. The molecule has 1 N–H and O–H groups in total. The third-order valence-electron chi connectivity index (χ3n) is 3.10. The van der Waals surface area contributed by atoms with Gasteiger partial charge < -0.3 is 10.2 Å². The molecule has 6 nitrogen and oxygen atoms in total. The number of hydrogen-bond acceptors (Lipinski definition) is 5. The van der Waals surface area contributed by atoms with Crippen molar-refractivity contribution in [3.05, 3.63) is 36.0 Å². The van der Waals surface area contributed by atoms with Crippen LogP contribution in [0.3, 0.4) is 0 Å². The second-order valence-electron chi connectivity index (χ2n) is 5.77. The van der Waals surface area contributed by atoms with E-state index < -0.39 is 0 Å². The van der Waals surface area contributed by atoms with Crippen LogP contribution < -0.4 is 10.2 Å². The van der Waals surface area contributed by atoms with Gasteiger partial charge in [0.15, 0.2) is 0 Å². The van der Waals surface area contributed by atoms with E-state index in [2.05, 4.69) is 39.1 Å². The topological polar surface area (TPSA) is 58.9 Å². The van der Waals surface area contributed by atoms with Crippen molar-refractivity contribution in [1.82, 2.24) is 25.1 Å². The monoisotopic (exact) mass is 288 g/mol. The average molecular weight is 288 g/mol. The molecule has 2 aromatic heterocycles. The Balaban J connectivity index is 1.95. The summed E-state index contributed by atoms with van der Waals surface area (Å²) in [7, 11) is 3.94. The van der Waals surface area contributed by atoms with Gasteiger partial charge in [0.2, 0.25) is 0 Å². The SMILES string of the molecule is CC(C)CNCc1cncc(N(C)Cc2cnn(C)c2)n1. The molecule has 0 fully saturated rings. The van der Waals surface area contributed by atoms with Gasteiger partial charge in [-0.1, -0.05) is 13.8 Å². The molecule has 0 aliphatic rings. The largest absolute Gasteiger partial charge is 0.354 e. The van der Waals surface area contributed by atoms with Crippen LogP contribution in [0.5, 0.6) is 0 Å². The van der Waals surface area contributed by atoms with Gasteiger partial charge in [-0.15, -0.1) is 0 Å². The van der Waals surface area contributed by atoms with Crippen LogP contribution in [0.2, 0.25) is 0 Å². The Morgan fingerprint density at radius 1 is 1.29 bits per heavy atom. The number of rotatable bonds is 7. The Labute approximate surface area is 126 Å². The van der Waals surface area contributed by atoms with Crippen LogP contribution in [0.25, 0.3) is 0 Å². The lowest BCUT2D eigenvalue weighted by molar-refractivity contribution is 0.547. The van der Waals surface area contributed by atoms with Gasteiger partial charge in [-0.2, -0.15) is 5.10 Å². The van der Waals surface area contributed by atoms with Gasteiger partial charge in [0, 0.05) is 45.1 Å². The number of hydrogen-bond donors (Lipinski definition) is 1. The molecule has 2 aromatic rings. The standard InChI is InChI=1S/C15H24N6/c1-12(2)5-16-7-14-8-17-9-15(19-14)20(3)10-13-6-18-21(4)11-13/h6,8-9,11-12,16H,5,7,10H2,1-4H3. The molecule has 0 saturated heterocycles. The minimum atomic E-state index is 0.634. The zero-order valence-electron chi connectivity index (χ0n) is 13.2. The van der Waals surface area contributed by atoms with Crippen molar-refractivity contribution in [3.63, 3.8) is 0 Å². The van der Waals surface area contributed by atoms with E-state index in [4.69, 9.17) is 0 Å². The number of aryl methyl sites for hydroxylation is 1. The van der Waals surface area contributed by atoms with Crippen LogP contribution in [-0.2, 0) is 20.1 Å². The first-order valence-corrected chi connectivity index (χ1v) is 7.25. The number of aromatic nitrogens is 4. The van der Waals surface area contributed by atoms with Gasteiger partial charge in [0.1, 0.15) is 5.82 Å². The third kappa shape index (κ3) is 4.82. The molecule has 21 heavy (non-hydrogen) atoms. The Morgan fingerprint density at radius 2 is 2.10 bits per heavy atom. The van der Waals surface area contributed by atoms with E-state index in [1.54, 1.807) is 10.9 Å². The maximum atomic E-state index is 4.65. The molecule has 0 unspecified atom stereocenters. The molecule has 0 bridgehead atoms. The summed E-state index contributed by atoms with van der Waals surface area (Å²) < 4.78 is 1.81. The summed E-state index contributed by atoms with van der Waals surface area (Å²) in [5.41, 5.74) is 2.12. The minimum absolute atomic E-state index is 0.634. The highest BCUT2D eigenvalue weighted by atomic mass is 15.2. The maximum Gasteiger partial charge on any atom is 0.147 e. The fourth-order valence-corrected chi connectivity index (χ4v) is 2.06. The van der Waals surface area contributed by atoms with Crippen molar-refractivity contribution in [2.45, 2.75) is 26.9 Å². The normalized spacial score (nSPS) is 11.1. The first-order chi connectivity index (χ1) is 10.0. The Bertz CT molecular complexity index is 563. The van der Waals surface area contributed by atoms with Crippen LogP contribution in [0, 0.1) is 5.92 Å². The van der Waals surface area contributed by atoms with Gasteiger partial charge in [-0.05, 0) is 12.5 Å². The molecule has 0 amide bonds. The molecule has 0 atom stereocenters. The Morgan fingerprint density at radius 3 is 2.76 bits per heavy atom. The Hall–Kier alpha value is -1.95. The Kier molecular flexibility index (Phi) is 5.27. The van der Waals surface area contributed by atoms with Crippen LogP contribution in [0.1, 0.15) is 25.1 Å². The van der Waals surface area contributed by atoms with Gasteiger partial charge >= 0.3 is 0 Å². The molecule has 0 radical (unpaired) electrons. The first kappa shape index (κ1) is 15.4. The van der Waals surface area contributed by atoms with Crippen molar-refractivity contribution < 1.29 is 0 Å². The van der Waals surface area contributed by atoms with E-state index in [0.29, 0.717) is 5.92 Å². The fraction of sp³-hybridized carbons (Fsp3) is 0.533. The quantitative estimate of drug-likeness (QED) is 0.838. The summed E-state index contributed by atoms with van der Waals surface area (Å²) in [4.78, 5) is 11.0. The van der Waals surface area contributed by atoms with Crippen molar-refractivity contribution in [2.24, 2.45) is 13.0 Å². The summed E-state index contributed by atoms with van der Waals surface area (Å²) in [6.07, 6.45) is 7.49. The molecule has 0 aromatic carbocycles. The van der Waals surface area contributed by atoms with Crippen molar-refractivity contribution >= 4 is 5.82 Å². The van der Waals surface area contributed by atoms with E-state index in [1.807, 2.05) is 32.7 Å². The molecule has 0 spiro atoms. The van der Waals surface area contributed by atoms with Crippen LogP contribution in [0.15, 0.2) is 24.8 Å². The molecule has 2 heterocycles. The second kappa shape index (κ2) is 7.17. The highest BCUT2D eigenvalue weighted by Gasteiger charge is 2.07. The molecular weight excluding hydrogens is 264 g/mol. The van der Waals surface area contributed by atoms with E-state index in [1.165, 1.54) is 0 Å². The molecule has 0 aliphatic carbocycles. The van der Waals surface area contributed by atoms with Crippen LogP contribution in [-0.4, -0.2) is 33.3 Å². The van der Waals surface area contributed by atoms with Gasteiger partial charge in [-0.25, -0.2) is 4.98 Å². The van der Waals surface area contributed by atoms with Gasteiger partial charge in [0.05, 0.1) is 18.1 Å². The van der Waals surface area contributed by atoms with Gasteiger partial charge in [0.25, 0.3) is 0 Å². The maximum absolute atomic E-state index is 4.65. The van der Waals surface area contributed by atoms with E-state index in [-0.39, 0.29) is 0 Å². The minimum Gasteiger partial charge on any atom is -0.354 e. The zero-order valence-corrected chi connectivity index (χ0v) is 13.2. The molecule has 6 heteroatoms. The van der Waals surface area contributed by atoms with Crippen LogP contribution in [0.4, 0.5) is 5.82 Å². The fourth-order valence-electron chi connectivity index (χ4n) is 2.06. The smallest absolute Gasteiger partial charge is 0.147 e. The zero-order chi connectivity index (χ0) is 15.2. The number of anilines is 1. The lowest BCUT2D eigenvalue weighted by Crippen LogP contribution is -2.22. The molecule has 114 valence electrons. The van der Waals surface area contributed by atoms with Gasteiger partial charge in [-0.3, -0.25) is 9.67 Å². The highest BCUT2D eigenvalue weighted by molar-refractivity contribution is 5.36. The summed E-state index contributed by atoms with van der Waals surface area (Å²) in [6, 6.07) is 0. The summed E-state index contributed by atoms with van der Waals surface area (Å²) >= 11 is 0. The number of nitrogens with zero attached hydrogens (tertiary/aromatic N) is 5. The average Bonchev–Trinajstić information content (AvgIpc) is 2.84. The molecule has 0 aliphatic heterocycles. The summed E-state index contributed by atoms with van der Waals surface area (Å²) in [6.45, 7) is 6.89. The van der Waals surface area contributed by atoms with Crippen molar-refractivity contribution in [1.29, 1.82) is 0 Å². The summed E-state index contributed by atoms with van der Waals surface area (Å²) in [5, 5.41) is 7.57. The first-order valence-electron chi connectivity index (χ1n) is 7.25. The van der Waals surface area contributed by atoms with Crippen molar-refractivity contribution in [2.75, 3.05) is 18.5 Å². The van der Waals surface area contributed by atoms with E-state index >= 15 is 0 Å². The molecular formula is C15H24N6.